The number of carbonyl (C=O) groups is 1. The van der Waals surface area contributed by atoms with Crippen molar-refractivity contribution < 1.29 is 14.6 Å². The van der Waals surface area contributed by atoms with Crippen molar-refractivity contribution in [2.75, 3.05) is 13.2 Å². The van der Waals surface area contributed by atoms with Crippen LogP contribution in [-0.2, 0) is 4.74 Å². The van der Waals surface area contributed by atoms with E-state index in [-0.39, 0.29) is 36.2 Å². The maximum atomic E-state index is 12.0. The summed E-state index contributed by atoms with van der Waals surface area (Å²) in [5.74, 6) is 0. The fourth-order valence-corrected chi connectivity index (χ4v) is 3.27. The molecule has 0 aromatic rings. The third-order valence-corrected chi connectivity index (χ3v) is 4.71. The molecule has 1 aliphatic rings. The minimum absolute atomic E-state index is 0.0135. The number of nitrogens with one attached hydrogen (secondary N) is 2. The minimum atomic E-state index is -0.142. The molecule has 0 saturated heterocycles. The largest absolute Gasteiger partial charge is 0.396 e. The Hall–Kier alpha value is -0.810. The van der Waals surface area contributed by atoms with Gasteiger partial charge in [0.2, 0.25) is 0 Å². The van der Waals surface area contributed by atoms with Gasteiger partial charge in [0.1, 0.15) is 0 Å². The van der Waals surface area contributed by atoms with Crippen LogP contribution in [0.1, 0.15) is 53.4 Å². The second kappa shape index (κ2) is 7.84. The molecule has 2 amide bonds. The van der Waals surface area contributed by atoms with Crippen molar-refractivity contribution in [3.63, 3.8) is 0 Å². The molecule has 1 fully saturated rings. The first-order valence-electron chi connectivity index (χ1n) is 7.83. The maximum Gasteiger partial charge on any atom is 0.315 e. The summed E-state index contributed by atoms with van der Waals surface area (Å²) in [7, 11) is 0. The number of amides is 2. The predicted molar refractivity (Wildman–Crippen MR) is 79.7 cm³/mol. The molecule has 5 heteroatoms. The summed E-state index contributed by atoms with van der Waals surface area (Å²) in [4.78, 5) is 12.0. The van der Waals surface area contributed by atoms with Crippen LogP contribution in [0.25, 0.3) is 0 Å². The van der Waals surface area contributed by atoms with Gasteiger partial charge in [0, 0.05) is 30.7 Å². The van der Waals surface area contributed by atoms with E-state index in [1.165, 1.54) is 0 Å². The highest BCUT2D eigenvalue weighted by molar-refractivity contribution is 5.74. The third kappa shape index (κ3) is 3.64. The average molecular weight is 286 g/mol. The van der Waals surface area contributed by atoms with Crippen molar-refractivity contribution in [1.29, 1.82) is 0 Å². The lowest BCUT2D eigenvalue weighted by Crippen LogP contribution is -2.65. The van der Waals surface area contributed by atoms with Crippen LogP contribution >= 0.6 is 0 Å². The van der Waals surface area contributed by atoms with E-state index in [9.17, 15) is 4.79 Å². The first-order valence-corrected chi connectivity index (χ1v) is 7.83. The zero-order valence-electron chi connectivity index (χ0n) is 13.2. The van der Waals surface area contributed by atoms with Crippen molar-refractivity contribution >= 4 is 6.03 Å². The molecule has 2 unspecified atom stereocenters. The van der Waals surface area contributed by atoms with E-state index < -0.39 is 0 Å². The molecule has 0 spiro atoms. The van der Waals surface area contributed by atoms with Crippen LogP contribution in [0.4, 0.5) is 4.79 Å². The second-order valence-electron chi connectivity index (χ2n) is 5.70. The lowest BCUT2D eigenvalue weighted by Gasteiger charge is -2.55. The fourth-order valence-electron chi connectivity index (χ4n) is 3.27. The van der Waals surface area contributed by atoms with E-state index in [0.29, 0.717) is 6.42 Å². The Morgan fingerprint density at radius 1 is 1.40 bits per heavy atom. The van der Waals surface area contributed by atoms with Crippen LogP contribution in [0.2, 0.25) is 0 Å². The third-order valence-electron chi connectivity index (χ3n) is 4.71. The average Bonchev–Trinajstić information content (AvgIpc) is 2.39. The summed E-state index contributed by atoms with van der Waals surface area (Å²) in [5, 5.41) is 14.8. The molecule has 0 bridgehead atoms. The molecule has 1 saturated carbocycles. The topological polar surface area (TPSA) is 70.6 Å². The monoisotopic (exact) mass is 286 g/mol. The smallest absolute Gasteiger partial charge is 0.315 e. The van der Waals surface area contributed by atoms with Gasteiger partial charge in [-0.2, -0.15) is 0 Å². The molecule has 3 atom stereocenters. The number of ether oxygens (including phenoxy) is 1. The van der Waals surface area contributed by atoms with Crippen LogP contribution < -0.4 is 10.6 Å². The quantitative estimate of drug-likeness (QED) is 0.639. The Bertz CT molecular complexity index is 305. The van der Waals surface area contributed by atoms with Gasteiger partial charge in [0.25, 0.3) is 0 Å². The summed E-state index contributed by atoms with van der Waals surface area (Å²) < 4.78 is 5.80. The van der Waals surface area contributed by atoms with Gasteiger partial charge < -0.3 is 20.5 Å². The molecule has 20 heavy (non-hydrogen) atoms. The van der Waals surface area contributed by atoms with Gasteiger partial charge in [0.05, 0.1) is 6.10 Å². The van der Waals surface area contributed by atoms with Crippen molar-refractivity contribution in [2.45, 2.75) is 71.6 Å². The Kier molecular flexibility index (Phi) is 6.76. The second-order valence-corrected chi connectivity index (χ2v) is 5.70. The van der Waals surface area contributed by atoms with Gasteiger partial charge in [-0.1, -0.05) is 13.8 Å². The number of aliphatic hydroxyl groups excluding tert-OH is 1. The Morgan fingerprint density at radius 2 is 2.05 bits per heavy atom. The lowest BCUT2D eigenvalue weighted by atomic mass is 9.58. The Balaban J connectivity index is 2.53. The predicted octanol–water partition coefficient (Wildman–Crippen LogP) is 2.04. The van der Waals surface area contributed by atoms with E-state index >= 15 is 0 Å². The lowest BCUT2D eigenvalue weighted by molar-refractivity contribution is -0.134. The van der Waals surface area contributed by atoms with Crippen LogP contribution in [0, 0.1) is 5.41 Å². The number of aliphatic hydroxyl groups is 1. The van der Waals surface area contributed by atoms with Gasteiger partial charge in [-0.15, -0.1) is 0 Å². The van der Waals surface area contributed by atoms with Gasteiger partial charge in [0.15, 0.2) is 0 Å². The molecule has 0 aromatic heterocycles. The molecule has 1 rings (SSSR count). The van der Waals surface area contributed by atoms with Crippen molar-refractivity contribution in [2.24, 2.45) is 5.41 Å². The molecule has 3 N–H and O–H groups in total. The highest BCUT2D eigenvalue weighted by atomic mass is 16.5. The summed E-state index contributed by atoms with van der Waals surface area (Å²) in [6.45, 7) is 9.04. The van der Waals surface area contributed by atoms with Crippen LogP contribution in [0.3, 0.4) is 0 Å². The summed E-state index contributed by atoms with van der Waals surface area (Å²) in [6.07, 6.45) is 3.72. The van der Waals surface area contributed by atoms with E-state index in [1.54, 1.807) is 0 Å². The molecule has 0 heterocycles. The van der Waals surface area contributed by atoms with Crippen molar-refractivity contribution in [3.05, 3.63) is 0 Å². The molecular formula is C15H30N2O3. The number of hydrogen-bond acceptors (Lipinski definition) is 3. The normalized spacial score (nSPS) is 25.6. The Labute approximate surface area is 122 Å². The minimum Gasteiger partial charge on any atom is -0.396 e. The zero-order valence-corrected chi connectivity index (χ0v) is 13.2. The van der Waals surface area contributed by atoms with E-state index in [1.807, 2.05) is 13.8 Å². The highest BCUT2D eigenvalue weighted by Crippen LogP contribution is 2.48. The van der Waals surface area contributed by atoms with Gasteiger partial charge in [-0.25, -0.2) is 4.79 Å². The maximum absolute atomic E-state index is 12.0. The molecule has 118 valence electrons. The Morgan fingerprint density at radius 3 is 2.55 bits per heavy atom. The number of carbonyl (C=O) groups excluding carboxylic acids is 1. The highest BCUT2D eigenvalue weighted by Gasteiger charge is 2.53. The first kappa shape index (κ1) is 17.2. The zero-order chi connectivity index (χ0) is 15.2. The van der Waals surface area contributed by atoms with Gasteiger partial charge >= 0.3 is 6.03 Å². The molecular weight excluding hydrogens is 256 g/mol. The SMILES string of the molecule is CCOC1CC(NC(=O)N[C@H](C)CCO)C1(CC)CC. The van der Waals surface area contributed by atoms with E-state index in [4.69, 9.17) is 9.84 Å². The van der Waals surface area contributed by atoms with Gasteiger partial charge in [-0.05, 0) is 39.5 Å². The molecule has 1 aliphatic carbocycles. The summed E-state index contributed by atoms with van der Waals surface area (Å²) >= 11 is 0. The molecule has 0 radical (unpaired) electrons. The van der Waals surface area contributed by atoms with Gasteiger partial charge in [-0.3, -0.25) is 0 Å². The van der Waals surface area contributed by atoms with Crippen LogP contribution in [-0.4, -0.2) is 42.5 Å². The van der Waals surface area contributed by atoms with E-state index in [0.717, 1.165) is 25.9 Å². The first-order chi connectivity index (χ1) is 9.53. The summed E-state index contributed by atoms with van der Waals surface area (Å²) in [5.41, 5.74) is 0.0631. The molecule has 5 nitrogen and oxygen atoms in total. The number of urea groups is 1. The fraction of sp³-hybridized carbons (Fsp3) is 0.933. The van der Waals surface area contributed by atoms with Crippen molar-refractivity contribution in [1.82, 2.24) is 10.6 Å². The number of rotatable bonds is 8. The number of hydrogen-bond donors (Lipinski definition) is 3. The van der Waals surface area contributed by atoms with Crippen LogP contribution in [0.15, 0.2) is 0 Å². The van der Waals surface area contributed by atoms with E-state index in [2.05, 4.69) is 24.5 Å². The molecule has 0 aliphatic heterocycles. The van der Waals surface area contributed by atoms with Crippen molar-refractivity contribution in [3.8, 4) is 0 Å². The molecule has 0 aromatic carbocycles. The summed E-state index contributed by atoms with van der Waals surface area (Å²) in [6, 6.07) is 0.0213. The standard InChI is InChI=1S/C15H30N2O3/c1-5-15(6-2)12(10-13(15)20-7-3)17-14(19)16-11(4)8-9-18/h11-13,18H,5-10H2,1-4H3,(H2,16,17,19)/t11-,12?,13?/m1/s1. The van der Waals surface area contributed by atoms with Crippen LogP contribution in [0.5, 0.6) is 0 Å².